The van der Waals surface area contributed by atoms with Crippen molar-refractivity contribution in [2.24, 2.45) is 23.3 Å². The fourth-order valence-electron chi connectivity index (χ4n) is 6.52. The van der Waals surface area contributed by atoms with Crippen LogP contribution in [0.4, 0.5) is 0 Å². The standard InChI is InChI=1S/2C12H23NO2.CH5O3P/c2*13-10-6-4-9(5-7-10)12(15)8-2-1-3-11(12)14;1-5(2,3)4/h2*9-11,14-15H,1-8,13H2;1H3,(H2,2,3,4). The number of rotatable bonds is 2. The maximum atomic E-state index is 10.6. The summed E-state index contributed by atoms with van der Waals surface area (Å²) in [6.07, 6.45) is 14.2. The lowest BCUT2D eigenvalue weighted by molar-refractivity contribution is -0.143. The molecule has 0 heterocycles. The number of hydrogen-bond acceptors (Lipinski definition) is 7. The third-order valence-corrected chi connectivity index (χ3v) is 8.72. The highest BCUT2D eigenvalue weighted by atomic mass is 31.2. The van der Waals surface area contributed by atoms with Crippen LogP contribution in [0.25, 0.3) is 0 Å². The molecule has 0 aromatic rings. The highest BCUT2D eigenvalue weighted by Crippen LogP contribution is 2.42. The van der Waals surface area contributed by atoms with Crippen molar-refractivity contribution in [3.05, 3.63) is 0 Å². The number of aliphatic hydroxyl groups is 4. The summed E-state index contributed by atoms with van der Waals surface area (Å²) in [6.45, 7) is 0.854. The molecule has 4 atom stereocenters. The molecule has 0 aliphatic heterocycles. The highest BCUT2D eigenvalue weighted by Gasteiger charge is 2.46. The summed E-state index contributed by atoms with van der Waals surface area (Å²) < 4.78 is 9.33. The van der Waals surface area contributed by atoms with Gasteiger partial charge in [-0.1, -0.05) is 25.7 Å². The first-order valence-corrected chi connectivity index (χ1v) is 15.7. The van der Waals surface area contributed by atoms with Gasteiger partial charge in [0.05, 0.1) is 23.4 Å². The highest BCUT2D eigenvalue weighted by molar-refractivity contribution is 7.50. The second kappa shape index (κ2) is 13.6. The maximum Gasteiger partial charge on any atom is 0.322 e. The molecule has 0 spiro atoms. The van der Waals surface area contributed by atoms with Crippen molar-refractivity contribution in [1.29, 1.82) is 0 Å². The van der Waals surface area contributed by atoms with E-state index in [1.54, 1.807) is 0 Å². The molecule has 4 unspecified atom stereocenters. The molecule has 10 N–H and O–H groups in total. The minimum atomic E-state index is -3.64. The molecule has 208 valence electrons. The van der Waals surface area contributed by atoms with Crippen molar-refractivity contribution in [2.75, 3.05) is 6.66 Å². The molecule has 0 amide bonds. The third-order valence-electron chi connectivity index (χ3n) is 8.72. The minimum absolute atomic E-state index is 0.271. The molecule has 10 heteroatoms. The summed E-state index contributed by atoms with van der Waals surface area (Å²) in [6, 6.07) is 0.621. The molecular formula is C25H51N2O7P. The van der Waals surface area contributed by atoms with Crippen molar-refractivity contribution in [1.82, 2.24) is 0 Å². The number of hydrogen-bond donors (Lipinski definition) is 8. The van der Waals surface area contributed by atoms with E-state index in [4.69, 9.17) is 21.3 Å². The van der Waals surface area contributed by atoms with Gasteiger partial charge >= 0.3 is 7.60 Å². The quantitative estimate of drug-likeness (QED) is 0.251. The fraction of sp³-hybridized carbons (Fsp3) is 1.00. The van der Waals surface area contributed by atoms with E-state index < -0.39 is 31.0 Å². The van der Waals surface area contributed by atoms with Crippen LogP contribution in [0.1, 0.15) is 103 Å². The second-order valence-corrected chi connectivity index (χ2v) is 13.2. The first kappa shape index (κ1) is 31.1. The van der Waals surface area contributed by atoms with Gasteiger partial charge in [-0.15, -0.1) is 0 Å². The monoisotopic (exact) mass is 522 g/mol. The zero-order valence-corrected chi connectivity index (χ0v) is 22.4. The lowest BCUT2D eigenvalue weighted by Gasteiger charge is -2.45. The molecule has 4 aliphatic rings. The van der Waals surface area contributed by atoms with Crippen LogP contribution in [-0.2, 0) is 4.57 Å². The Balaban J connectivity index is 0.000000208. The maximum absolute atomic E-state index is 10.6. The number of nitrogens with two attached hydrogens (primary N) is 2. The Kier molecular flexibility index (Phi) is 12.1. The Morgan fingerprint density at radius 2 is 0.914 bits per heavy atom. The van der Waals surface area contributed by atoms with Gasteiger partial charge in [0.2, 0.25) is 0 Å². The first-order valence-electron chi connectivity index (χ1n) is 13.6. The first-order chi connectivity index (χ1) is 16.3. The van der Waals surface area contributed by atoms with E-state index in [1.807, 2.05) is 0 Å². The second-order valence-electron chi connectivity index (χ2n) is 11.6. The van der Waals surface area contributed by atoms with Crippen molar-refractivity contribution in [3.63, 3.8) is 0 Å². The van der Waals surface area contributed by atoms with Gasteiger partial charge in [0.25, 0.3) is 0 Å². The topological polar surface area (TPSA) is 190 Å². The molecule has 0 radical (unpaired) electrons. The van der Waals surface area contributed by atoms with E-state index in [2.05, 4.69) is 0 Å². The van der Waals surface area contributed by atoms with E-state index in [0.29, 0.717) is 12.1 Å². The molecule has 9 nitrogen and oxygen atoms in total. The summed E-state index contributed by atoms with van der Waals surface area (Å²) in [5.41, 5.74) is 10.1. The molecule has 4 saturated carbocycles. The Hall–Kier alpha value is -0.0900. The van der Waals surface area contributed by atoms with Crippen molar-refractivity contribution >= 4 is 7.60 Å². The molecule has 0 aromatic carbocycles. The van der Waals surface area contributed by atoms with Crippen LogP contribution in [0.5, 0.6) is 0 Å². The minimum Gasteiger partial charge on any atom is -0.390 e. The van der Waals surface area contributed by atoms with Gasteiger partial charge in [-0.05, 0) is 88.9 Å². The molecule has 4 rings (SSSR count). The SMILES string of the molecule is CP(=O)(O)O.NC1CCC(C2(O)CCCCC2O)CC1.NC1CCC(C2(O)CCCCC2O)CC1. The Labute approximate surface area is 210 Å². The average Bonchev–Trinajstić information content (AvgIpc) is 2.78. The molecular weight excluding hydrogens is 471 g/mol. The Morgan fingerprint density at radius 1 is 0.629 bits per heavy atom. The van der Waals surface area contributed by atoms with E-state index >= 15 is 0 Å². The van der Waals surface area contributed by atoms with Gasteiger partial charge in [0.1, 0.15) is 0 Å². The van der Waals surface area contributed by atoms with Crippen LogP contribution in [0, 0.1) is 11.8 Å². The molecule has 0 aromatic heterocycles. The van der Waals surface area contributed by atoms with Crippen LogP contribution < -0.4 is 11.5 Å². The largest absolute Gasteiger partial charge is 0.390 e. The van der Waals surface area contributed by atoms with E-state index in [0.717, 1.165) is 109 Å². The summed E-state index contributed by atoms with van der Waals surface area (Å²) in [5.74, 6) is 0.542. The van der Waals surface area contributed by atoms with E-state index in [9.17, 15) is 25.0 Å². The van der Waals surface area contributed by atoms with Crippen LogP contribution in [0.2, 0.25) is 0 Å². The summed E-state index contributed by atoms with van der Waals surface area (Å²) in [5, 5.41) is 41.1. The van der Waals surface area contributed by atoms with Gasteiger partial charge in [-0.2, -0.15) is 0 Å². The molecule has 4 aliphatic carbocycles. The number of aliphatic hydroxyl groups excluding tert-OH is 2. The molecule has 35 heavy (non-hydrogen) atoms. The summed E-state index contributed by atoms with van der Waals surface area (Å²) in [4.78, 5) is 15.3. The lowest BCUT2D eigenvalue weighted by atomic mass is 9.68. The molecule has 4 fully saturated rings. The average molecular weight is 523 g/mol. The van der Waals surface area contributed by atoms with Gasteiger partial charge in [-0.3, -0.25) is 4.57 Å². The summed E-state index contributed by atoms with van der Waals surface area (Å²) in [7, 11) is -3.64. The van der Waals surface area contributed by atoms with Crippen LogP contribution in [-0.4, -0.2) is 72.4 Å². The van der Waals surface area contributed by atoms with Crippen molar-refractivity contribution in [2.45, 2.75) is 138 Å². The zero-order valence-electron chi connectivity index (χ0n) is 21.5. The normalized spacial score (nSPS) is 42.7. The summed E-state index contributed by atoms with van der Waals surface area (Å²) >= 11 is 0. The molecule has 0 saturated heterocycles. The lowest BCUT2D eigenvalue weighted by Crippen LogP contribution is -2.52. The Morgan fingerprint density at radius 3 is 1.17 bits per heavy atom. The van der Waals surface area contributed by atoms with E-state index in [-0.39, 0.29) is 11.8 Å². The fourth-order valence-corrected chi connectivity index (χ4v) is 6.52. The molecule has 0 bridgehead atoms. The Bertz CT molecular complexity index is 610. The van der Waals surface area contributed by atoms with Gasteiger partial charge in [0.15, 0.2) is 0 Å². The van der Waals surface area contributed by atoms with Crippen LogP contribution >= 0.6 is 7.60 Å². The smallest absolute Gasteiger partial charge is 0.322 e. The van der Waals surface area contributed by atoms with Crippen LogP contribution in [0.15, 0.2) is 0 Å². The third kappa shape index (κ3) is 9.62. The van der Waals surface area contributed by atoms with Gasteiger partial charge in [-0.25, -0.2) is 0 Å². The predicted octanol–water partition coefficient (Wildman–Crippen LogP) is 2.13. The van der Waals surface area contributed by atoms with E-state index in [1.165, 1.54) is 0 Å². The predicted molar refractivity (Wildman–Crippen MR) is 137 cm³/mol. The van der Waals surface area contributed by atoms with Gasteiger partial charge < -0.3 is 41.7 Å². The van der Waals surface area contributed by atoms with Crippen molar-refractivity contribution in [3.8, 4) is 0 Å². The van der Waals surface area contributed by atoms with Crippen LogP contribution in [0.3, 0.4) is 0 Å². The zero-order chi connectivity index (χ0) is 26.3. The van der Waals surface area contributed by atoms with Gasteiger partial charge in [0, 0.05) is 18.7 Å². The van der Waals surface area contributed by atoms with Crippen molar-refractivity contribution < 1.29 is 34.8 Å².